The van der Waals surface area contributed by atoms with E-state index in [1.807, 2.05) is 36.4 Å². The van der Waals surface area contributed by atoms with E-state index in [-0.39, 0.29) is 11.6 Å². The van der Waals surface area contributed by atoms with Gasteiger partial charge in [-0.25, -0.2) is 4.98 Å². The standard InChI is InChI=1S/C21H27N3O2S/c1-13(2)18-10-16-20(26)22-19(23-21(16)27-18)12-24(14(3)4)11-17(25)15-8-6-5-7-9-15/h5-10,13-14,17,25H,11-12H2,1-4H3,(H,22,23,26). The fourth-order valence-electron chi connectivity index (χ4n) is 3.01. The minimum Gasteiger partial charge on any atom is -0.387 e. The highest BCUT2D eigenvalue weighted by Gasteiger charge is 2.19. The average Bonchev–Trinajstić information content (AvgIpc) is 3.07. The molecule has 1 unspecified atom stereocenters. The molecule has 0 bridgehead atoms. The van der Waals surface area contributed by atoms with E-state index >= 15 is 0 Å². The van der Waals surface area contributed by atoms with Crippen LogP contribution in [0.3, 0.4) is 0 Å². The normalized spacial score (nSPS) is 13.2. The molecule has 0 saturated heterocycles. The van der Waals surface area contributed by atoms with Gasteiger partial charge >= 0.3 is 0 Å². The van der Waals surface area contributed by atoms with Crippen LogP contribution in [-0.2, 0) is 6.54 Å². The Morgan fingerprint density at radius 2 is 1.89 bits per heavy atom. The summed E-state index contributed by atoms with van der Waals surface area (Å²) in [5.41, 5.74) is 0.797. The fraction of sp³-hybridized carbons (Fsp3) is 0.429. The van der Waals surface area contributed by atoms with Gasteiger partial charge in [0, 0.05) is 17.5 Å². The minimum atomic E-state index is -0.585. The number of thiophene rings is 1. The van der Waals surface area contributed by atoms with Crippen molar-refractivity contribution >= 4 is 21.6 Å². The Hall–Kier alpha value is -2.02. The molecule has 0 saturated carbocycles. The van der Waals surface area contributed by atoms with Crippen molar-refractivity contribution in [2.45, 2.75) is 52.3 Å². The topological polar surface area (TPSA) is 69.2 Å². The minimum absolute atomic E-state index is 0.0922. The summed E-state index contributed by atoms with van der Waals surface area (Å²) in [6.45, 7) is 9.36. The second-order valence-electron chi connectivity index (χ2n) is 7.48. The van der Waals surface area contributed by atoms with Crippen molar-refractivity contribution in [3.05, 3.63) is 63.0 Å². The number of hydrogen-bond acceptors (Lipinski definition) is 5. The zero-order chi connectivity index (χ0) is 19.6. The smallest absolute Gasteiger partial charge is 0.259 e. The highest BCUT2D eigenvalue weighted by molar-refractivity contribution is 7.18. The van der Waals surface area contributed by atoms with Crippen LogP contribution in [0.1, 0.15) is 56.0 Å². The molecule has 1 atom stereocenters. The predicted molar refractivity (Wildman–Crippen MR) is 111 cm³/mol. The van der Waals surface area contributed by atoms with Crippen LogP contribution in [0.5, 0.6) is 0 Å². The first-order chi connectivity index (χ1) is 12.8. The molecule has 0 amide bonds. The molecule has 5 nitrogen and oxygen atoms in total. The van der Waals surface area contributed by atoms with Gasteiger partial charge in [-0.2, -0.15) is 0 Å². The highest BCUT2D eigenvalue weighted by atomic mass is 32.1. The summed E-state index contributed by atoms with van der Waals surface area (Å²) < 4.78 is 0. The lowest BCUT2D eigenvalue weighted by molar-refractivity contribution is 0.0891. The summed E-state index contributed by atoms with van der Waals surface area (Å²) in [5.74, 6) is 1.01. The lowest BCUT2D eigenvalue weighted by Gasteiger charge is -2.28. The van der Waals surface area contributed by atoms with E-state index < -0.39 is 6.10 Å². The monoisotopic (exact) mass is 385 g/mol. The molecule has 2 N–H and O–H groups in total. The van der Waals surface area contributed by atoms with Crippen molar-refractivity contribution in [2.24, 2.45) is 0 Å². The maximum atomic E-state index is 12.5. The number of aliphatic hydroxyl groups is 1. The lowest BCUT2D eigenvalue weighted by atomic mass is 10.1. The van der Waals surface area contributed by atoms with E-state index in [1.54, 1.807) is 11.3 Å². The molecular formula is C21H27N3O2S. The van der Waals surface area contributed by atoms with E-state index in [0.29, 0.717) is 30.2 Å². The van der Waals surface area contributed by atoms with Crippen LogP contribution in [0.2, 0.25) is 0 Å². The van der Waals surface area contributed by atoms with Gasteiger partial charge in [0.05, 0.1) is 18.0 Å². The van der Waals surface area contributed by atoms with Crippen LogP contribution >= 0.6 is 11.3 Å². The van der Waals surface area contributed by atoms with Gasteiger partial charge in [-0.3, -0.25) is 9.69 Å². The van der Waals surface area contributed by atoms with E-state index in [0.717, 1.165) is 10.4 Å². The van der Waals surface area contributed by atoms with Crippen LogP contribution in [0.4, 0.5) is 0 Å². The number of hydrogen-bond donors (Lipinski definition) is 2. The van der Waals surface area contributed by atoms with Crippen LogP contribution in [0.15, 0.2) is 41.2 Å². The summed E-state index contributed by atoms with van der Waals surface area (Å²) in [6, 6.07) is 11.8. The second-order valence-corrected chi connectivity index (χ2v) is 8.55. The van der Waals surface area contributed by atoms with Gasteiger partial charge in [-0.05, 0) is 31.4 Å². The molecule has 3 rings (SSSR count). The summed E-state index contributed by atoms with van der Waals surface area (Å²) in [4.78, 5) is 24.1. The number of H-pyrrole nitrogens is 1. The molecule has 27 heavy (non-hydrogen) atoms. The Labute approximate surface area is 163 Å². The van der Waals surface area contributed by atoms with Crippen LogP contribution in [0, 0.1) is 0 Å². The largest absolute Gasteiger partial charge is 0.387 e. The van der Waals surface area contributed by atoms with E-state index in [9.17, 15) is 9.90 Å². The number of nitrogens with zero attached hydrogens (tertiary/aromatic N) is 2. The van der Waals surface area contributed by atoms with Gasteiger partial charge in [0.15, 0.2) is 0 Å². The van der Waals surface area contributed by atoms with Crippen LogP contribution in [-0.4, -0.2) is 32.6 Å². The first kappa shape index (κ1) is 19.7. The highest BCUT2D eigenvalue weighted by Crippen LogP contribution is 2.27. The molecule has 0 radical (unpaired) electrons. The number of aromatic nitrogens is 2. The Morgan fingerprint density at radius 3 is 2.52 bits per heavy atom. The third-order valence-electron chi connectivity index (χ3n) is 4.71. The van der Waals surface area contributed by atoms with Gasteiger partial charge in [0.25, 0.3) is 5.56 Å². The molecule has 144 valence electrons. The van der Waals surface area contributed by atoms with Gasteiger partial charge < -0.3 is 10.1 Å². The number of aromatic amines is 1. The number of fused-ring (bicyclic) bond motifs is 1. The summed E-state index contributed by atoms with van der Waals surface area (Å²) in [5, 5.41) is 11.2. The lowest BCUT2D eigenvalue weighted by Crippen LogP contribution is -2.35. The first-order valence-corrected chi connectivity index (χ1v) is 10.2. The summed E-state index contributed by atoms with van der Waals surface area (Å²) in [6.07, 6.45) is -0.585. The van der Waals surface area contributed by atoms with E-state index in [1.165, 1.54) is 4.88 Å². The van der Waals surface area contributed by atoms with E-state index in [4.69, 9.17) is 0 Å². The Morgan fingerprint density at radius 1 is 1.19 bits per heavy atom. The molecule has 0 aliphatic heterocycles. The molecule has 1 aromatic carbocycles. The maximum Gasteiger partial charge on any atom is 0.259 e. The quantitative estimate of drug-likeness (QED) is 0.644. The van der Waals surface area contributed by atoms with Crippen molar-refractivity contribution in [1.82, 2.24) is 14.9 Å². The molecule has 0 fully saturated rings. The number of benzene rings is 1. The van der Waals surface area contributed by atoms with Gasteiger partial charge in [-0.15, -0.1) is 11.3 Å². The molecule has 3 aromatic rings. The summed E-state index contributed by atoms with van der Waals surface area (Å²) in [7, 11) is 0. The van der Waals surface area contributed by atoms with Crippen molar-refractivity contribution in [2.75, 3.05) is 6.54 Å². The number of aliphatic hydroxyl groups excluding tert-OH is 1. The molecule has 0 aliphatic rings. The SMILES string of the molecule is CC(C)c1cc2c(=O)[nH]c(CN(CC(O)c3ccccc3)C(C)C)nc2s1. The molecule has 0 spiro atoms. The third-order valence-corrected chi connectivity index (χ3v) is 6.04. The molecule has 0 aliphatic carbocycles. The Kier molecular flexibility index (Phi) is 6.09. The van der Waals surface area contributed by atoms with Crippen LogP contribution < -0.4 is 5.56 Å². The van der Waals surface area contributed by atoms with Crippen molar-refractivity contribution < 1.29 is 5.11 Å². The Bertz CT molecular complexity index is 947. The third kappa shape index (κ3) is 4.64. The molecule has 2 heterocycles. The molecular weight excluding hydrogens is 358 g/mol. The molecule has 2 aromatic heterocycles. The predicted octanol–water partition coefficient (Wildman–Crippen LogP) is 4.05. The number of rotatable bonds is 7. The van der Waals surface area contributed by atoms with Gasteiger partial charge in [-0.1, -0.05) is 44.2 Å². The van der Waals surface area contributed by atoms with Crippen molar-refractivity contribution in [3.8, 4) is 0 Å². The van der Waals surface area contributed by atoms with Gasteiger partial charge in [0.2, 0.25) is 0 Å². The van der Waals surface area contributed by atoms with Crippen molar-refractivity contribution in [3.63, 3.8) is 0 Å². The zero-order valence-corrected chi connectivity index (χ0v) is 17.1. The van der Waals surface area contributed by atoms with Gasteiger partial charge in [0.1, 0.15) is 10.7 Å². The maximum absolute atomic E-state index is 12.5. The van der Waals surface area contributed by atoms with Crippen LogP contribution in [0.25, 0.3) is 10.2 Å². The van der Waals surface area contributed by atoms with Crippen molar-refractivity contribution in [1.29, 1.82) is 0 Å². The summed E-state index contributed by atoms with van der Waals surface area (Å²) >= 11 is 1.58. The first-order valence-electron chi connectivity index (χ1n) is 9.35. The van der Waals surface area contributed by atoms with E-state index in [2.05, 4.69) is 42.6 Å². The second kappa shape index (κ2) is 8.33. The Balaban J connectivity index is 1.83. The number of nitrogens with one attached hydrogen (secondary N) is 1. The zero-order valence-electron chi connectivity index (χ0n) is 16.3. The average molecular weight is 386 g/mol. The fourth-order valence-corrected chi connectivity index (χ4v) is 4.06. The molecule has 6 heteroatoms.